The maximum absolute atomic E-state index is 13.2. The third-order valence-corrected chi connectivity index (χ3v) is 5.45. The average Bonchev–Trinajstić information content (AvgIpc) is 3.29. The van der Waals surface area contributed by atoms with Crippen molar-refractivity contribution in [3.63, 3.8) is 0 Å². The van der Waals surface area contributed by atoms with E-state index in [2.05, 4.69) is 22.1 Å². The fourth-order valence-corrected chi connectivity index (χ4v) is 4.10. The van der Waals surface area contributed by atoms with E-state index in [-0.39, 0.29) is 17.8 Å². The number of amides is 1. The van der Waals surface area contributed by atoms with Gasteiger partial charge in [0.15, 0.2) is 0 Å². The highest BCUT2D eigenvalue weighted by Crippen LogP contribution is 2.25. The van der Waals surface area contributed by atoms with Crippen LogP contribution in [0.4, 0.5) is 4.39 Å². The van der Waals surface area contributed by atoms with Gasteiger partial charge in [-0.15, -0.1) is 11.3 Å². The van der Waals surface area contributed by atoms with Crippen LogP contribution in [0.25, 0.3) is 0 Å². The number of aromatic nitrogens is 1. The van der Waals surface area contributed by atoms with Gasteiger partial charge in [-0.3, -0.25) is 9.69 Å². The van der Waals surface area contributed by atoms with Crippen LogP contribution in [0.15, 0.2) is 29.6 Å². The number of hydrogen-bond donors (Lipinski definition) is 1. The summed E-state index contributed by atoms with van der Waals surface area (Å²) in [4.78, 5) is 19.2. The van der Waals surface area contributed by atoms with Gasteiger partial charge < -0.3 is 5.32 Å². The molecule has 1 N–H and O–H groups in total. The first-order valence-corrected chi connectivity index (χ1v) is 9.77. The molecule has 2 heterocycles. The number of thiazole rings is 1. The third kappa shape index (κ3) is 4.64. The van der Waals surface area contributed by atoms with Crippen LogP contribution in [0.2, 0.25) is 0 Å². The van der Waals surface area contributed by atoms with E-state index in [1.54, 1.807) is 0 Å². The zero-order chi connectivity index (χ0) is 17.6. The molecule has 25 heavy (non-hydrogen) atoms. The van der Waals surface area contributed by atoms with Crippen molar-refractivity contribution in [3.05, 3.63) is 51.7 Å². The lowest BCUT2D eigenvalue weighted by atomic mass is 10.1. The molecule has 2 aromatic rings. The number of nitrogens with zero attached hydrogens (tertiary/aromatic N) is 2. The molecular formula is C19H24FN3OS. The predicted molar refractivity (Wildman–Crippen MR) is 98.4 cm³/mol. The number of carbonyl (C=O) groups is 1. The molecule has 1 aliphatic rings. The Kier molecular flexibility index (Phi) is 6.15. The third-order valence-electron chi connectivity index (χ3n) is 4.54. The van der Waals surface area contributed by atoms with Crippen LogP contribution in [0, 0.1) is 5.82 Å². The number of hydrogen-bond acceptors (Lipinski definition) is 4. The summed E-state index contributed by atoms with van der Waals surface area (Å²) in [5.41, 5.74) is 1.53. The number of nitrogens with one attached hydrogen (secondary N) is 1. The van der Waals surface area contributed by atoms with E-state index in [0.717, 1.165) is 49.3 Å². The molecule has 1 aromatic carbocycles. The largest absolute Gasteiger partial charge is 0.349 e. The molecule has 1 fully saturated rings. The molecule has 0 spiro atoms. The zero-order valence-corrected chi connectivity index (χ0v) is 15.3. The Balaban J connectivity index is 1.67. The van der Waals surface area contributed by atoms with E-state index < -0.39 is 0 Å². The Hall–Kier alpha value is -1.79. The van der Waals surface area contributed by atoms with Crippen molar-refractivity contribution >= 4 is 17.2 Å². The number of likely N-dealkylation sites (tertiary alicyclic amines) is 1. The first-order chi connectivity index (χ1) is 12.2. The van der Waals surface area contributed by atoms with Crippen molar-refractivity contribution in [3.8, 4) is 0 Å². The van der Waals surface area contributed by atoms with E-state index in [4.69, 9.17) is 0 Å². The van der Waals surface area contributed by atoms with Gasteiger partial charge in [-0.1, -0.05) is 19.1 Å². The lowest BCUT2D eigenvalue weighted by molar-refractivity contribution is 0.0933. The van der Waals surface area contributed by atoms with Crippen molar-refractivity contribution in [1.82, 2.24) is 15.2 Å². The number of benzene rings is 1. The Bertz CT molecular complexity index is 695. The molecular weight excluding hydrogens is 337 g/mol. The van der Waals surface area contributed by atoms with Gasteiger partial charge in [-0.05, 0) is 56.5 Å². The summed E-state index contributed by atoms with van der Waals surface area (Å²) < 4.78 is 13.2. The second-order valence-corrected chi connectivity index (χ2v) is 7.34. The van der Waals surface area contributed by atoms with Crippen LogP contribution >= 0.6 is 11.3 Å². The summed E-state index contributed by atoms with van der Waals surface area (Å²) >= 11 is 1.54. The molecule has 1 atom stereocenters. The molecule has 0 aliphatic carbocycles. The van der Waals surface area contributed by atoms with Crippen molar-refractivity contribution in [2.24, 2.45) is 0 Å². The van der Waals surface area contributed by atoms with Crippen LogP contribution in [0.5, 0.6) is 0 Å². The Morgan fingerprint density at radius 2 is 2.04 bits per heavy atom. The topological polar surface area (TPSA) is 45.2 Å². The highest BCUT2D eigenvalue weighted by atomic mass is 32.1. The van der Waals surface area contributed by atoms with Crippen LogP contribution in [-0.4, -0.2) is 35.4 Å². The zero-order valence-electron chi connectivity index (χ0n) is 14.5. The maximum Gasteiger partial charge on any atom is 0.270 e. The molecule has 0 unspecified atom stereocenters. The van der Waals surface area contributed by atoms with Gasteiger partial charge in [0, 0.05) is 11.9 Å². The quantitative estimate of drug-likeness (QED) is 0.816. The fourth-order valence-electron chi connectivity index (χ4n) is 3.22. The molecule has 3 rings (SSSR count). The Morgan fingerprint density at radius 1 is 1.32 bits per heavy atom. The lowest BCUT2D eigenvalue weighted by Gasteiger charge is -2.28. The summed E-state index contributed by atoms with van der Waals surface area (Å²) in [6.45, 7) is 4.63. The van der Waals surface area contributed by atoms with Gasteiger partial charge in [-0.2, -0.15) is 0 Å². The number of aryl methyl sites for hydroxylation is 1. The fraction of sp³-hybridized carbons (Fsp3) is 0.474. The van der Waals surface area contributed by atoms with Gasteiger partial charge in [0.25, 0.3) is 5.91 Å². The normalized spacial score (nSPS) is 16.1. The van der Waals surface area contributed by atoms with Gasteiger partial charge in [0.2, 0.25) is 0 Å². The minimum absolute atomic E-state index is 0.0702. The van der Waals surface area contributed by atoms with Crippen molar-refractivity contribution < 1.29 is 9.18 Å². The molecule has 1 aromatic heterocycles. The van der Waals surface area contributed by atoms with Crippen LogP contribution < -0.4 is 5.32 Å². The highest BCUT2D eigenvalue weighted by molar-refractivity contribution is 7.09. The summed E-state index contributed by atoms with van der Waals surface area (Å²) in [5, 5.41) is 5.84. The molecule has 6 heteroatoms. The molecule has 4 nitrogen and oxygen atoms in total. The van der Waals surface area contributed by atoms with E-state index in [1.165, 1.54) is 23.5 Å². The smallest absolute Gasteiger partial charge is 0.270 e. The van der Waals surface area contributed by atoms with Crippen molar-refractivity contribution in [2.45, 2.75) is 38.6 Å². The molecule has 1 amide bonds. The number of halogens is 1. The van der Waals surface area contributed by atoms with E-state index in [9.17, 15) is 9.18 Å². The van der Waals surface area contributed by atoms with Crippen LogP contribution in [-0.2, 0) is 6.42 Å². The average molecular weight is 361 g/mol. The van der Waals surface area contributed by atoms with Gasteiger partial charge in [0.05, 0.1) is 11.0 Å². The molecule has 0 radical (unpaired) electrons. The summed E-state index contributed by atoms with van der Waals surface area (Å²) in [6.07, 6.45) is 4.26. The van der Waals surface area contributed by atoms with Crippen LogP contribution in [0.3, 0.4) is 0 Å². The standard InChI is InChI=1S/C19H24FN3OS/c1-2-5-18-22-16(13-25-18)19(24)21-12-17(23-10-3-4-11-23)14-6-8-15(20)9-7-14/h6-9,13,17H,2-5,10-12H2,1H3,(H,21,24)/t17-/m1/s1. The van der Waals surface area contributed by atoms with Crippen LogP contribution in [0.1, 0.15) is 53.3 Å². The number of rotatable bonds is 7. The Labute approximate surface area is 152 Å². The molecule has 0 saturated carbocycles. The Morgan fingerprint density at radius 3 is 2.72 bits per heavy atom. The second-order valence-electron chi connectivity index (χ2n) is 6.40. The van der Waals surface area contributed by atoms with Crippen molar-refractivity contribution in [2.75, 3.05) is 19.6 Å². The van der Waals surface area contributed by atoms with Crippen molar-refractivity contribution in [1.29, 1.82) is 0 Å². The first kappa shape index (κ1) is 18.0. The molecule has 1 aliphatic heterocycles. The van der Waals surface area contributed by atoms with E-state index in [1.807, 2.05) is 17.5 Å². The van der Waals surface area contributed by atoms with Gasteiger partial charge in [0.1, 0.15) is 11.5 Å². The highest BCUT2D eigenvalue weighted by Gasteiger charge is 2.24. The van der Waals surface area contributed by atoms with Gasteiger partial charge in [-0.25, -0.2) is 9.37 Å². The van der Waals surface area contributed by atoms with E-state index in [0.29, 0.717) is 12.2 Å². The maximum atomic E-state index is 13.2. The van der Waals surface area contributed by atoms with E-state index >= 15 is 0 Å². The van der Waals surface area contributed by atoms with Gasteiger partial charge >= 0.3 is 0 Å². The number of carbonyl (C=O) groups excluding carboxylic acids is 1. The second kappa shape index (κ2) is 8.54. The molecule has 1 saturated heterocycles. The minimum Gasteiger partial charge on any atom is -0.349 e. The summed E-state index contributed by atoms with van der Waals surface area (Å²) in [6, 6.07) is 6.66. The first-order valence-electron chi connectivity index (χ1n) is 8.89. The monoisotopic (exact) mass is 361 g/mol. The lowest BCUT2D eigenvalue weighted by Crippen LogP contribution is -2.37. The SMILES string of the molecule is CCCc1nc(C(=O)NC[C@H](c2ccc(F)cc2)N2CCCC2)cs1. The predicted octanol–water partition coefficient (Wildman–Crippen LogP) is 3.80. The molecule has 0 bridgehead atoms. The molecule has 134 valence electrons. The summed E-state index contributed by atoms with van der Waals surface area (Å²) in [7, 11) is 0. The minimum atomic E-state index is -0.237. The summed E-state index contributed by atoms with van der Waals surface area (Å²) in [5.74, 6) is -0.371.